The van der Waals surface area contributed by atoms with Crippen LogP contribution in [-0.4, -0.2) is 30.5 Å². The summed E-state index contributed by atoms with van der Waals surface area (Å²) in [7, 11) is 0. The van der Waals surface area contributed by atoms with E-state index in [-0.39, 0.29) is 11.9 Å². The Morgan fingerprint density at radius 3 is 2.96 bits per heavy atom. The van der Waals surface area contributed by atoms with Gasteiger partial charge >= 0.3 is 0 Å². The molecule has 0 saturated carbocycles. The number of rotatable bonds is 4. The van der Waals surface area contributed by atoms with Crippen LogP contribution in [0.4, 0.5) is 5.95 Å². The molecule has 1 N–H and O–H groups in total. The highest BCUT2D eigenvalue weighted by Gasteiger charge is 2.25. The molecule has 0 saturated heterocycles. The molecule has 4 rings (SSSR count). The fourth-order valence-corrected chi connectivity index (χ4v) is 3.28. The number of benzene rings is 1. The van der Waals surface area contributed by atoms with E-state index in [4.69, 9.17) is 0 Å². The summed E-state index contributed by atoms with van der Waals surface area (Å²) in [5, 5.41) is 11.6. The van der Waals surface area contributed by atoms with E-state index in [2.05, 4.69) is 38.8 Å². The molecule has 1 unspecified atom stereocenters. The summed E-state index contributed by atoms with van der Waals surface area (Å²) in [4.78, 5) is 15.7. The molecule has 0 fully saturated rings. The molecule has 1 atom stereocenters. The molecular weight excluding hydrogens is 316 g/mol. The third-order valence-electron chi connectivity index (χ3n) is 4.39. The lowest BCUT2D eigenvalue weighted by Crippen LogP contribution is -2.20. The second-order valence-electron chi connectivity index (χ2n) is 6.34. The lowest BCUT2D eigenvalue weighted by molar-refractivity contribution is -0.114. The van der Waals surface area contributed by atoms with E-state index in [1.807, 2.05) is 33.8 Å². The summed E-state index contributed by atoms with van der Waals surface area (Å²) in [6.07, 6.45) is 6.90. The maximum absolute atomic E-state index is 11.2. The van der Waals surface area contributed by atoms with Crippen molar-refractivity contribution in [3.63, 3.8) is 0 Å². The number of nitrogens with zero attached hydrogens (tertiary/aromatic N) is 5. The van der Waals surface area contributed by atoms with Crippen LogP contribution in [0.3, 0.4) is 0 Å². The summed E-state index contributed by atoms with van der Waals surface area (Å²) in [6, 6.07) is 10.4. The van der Waals surface area contributed by atoms with E-state index in [1.54, 1.807) is 0 Å². The van der Waals surface area contributed by atoms with Crippen molar-refractivity contribution in [2.24, 2.45) is 0 Å². The zero-order valence-electron chi connectivity index (χ0n) is 14.1. The van der Waals surface area contributed by atoms with Crippen molar-refractivity contribution >= 4 is 11.9 Å². The molecule has 2 aromatic heterocycles. The molecule has 7 nitrogen and oxygen atoms in total. The number of hydrogen-bond donors (Lipinski definition) is 1. The van der Waals surface area contributed by atoms with Crippen molar-refractivity contribution in [2.75, 3.05) is 5.32 Å². The fraction of sp³-hybridized carbons (Fsp3) is 0.333. The smallest absolute Gasteiger partial charge is 0.248 e. The van der Waals surface area contributed by atoms with Crippen molar-refractivity contribution < 1.29 is 4.79 Å². The maximum Gasteiger partial charge on any atom is 0.248 e. The number of hydrogen-bond acceptors (Lipinski definition) is 4. The minimum Gasteiger partial charge on any atom is -0.293 e. The topological polar surface area (TPSA) is 77.6 Å². The number of carbonyl (C=O) groups excluding carboxylic acids is 1. The normalized spacial score (nSPS) is 16.4. The Balaban J connectivity index is 1.57. The number of aryl methyl sites for hydroxylation is 1. The largest absolute Gasteiger partial charge is 0.293 e. The van der Waals surface area contributed by atoms with Gasteiger partial charge in [-0.2, -0.15) is 10.1 Å². The van der Waals surface area contributed by atoms with Gasteiger partial charge in [-0.1, -0.05) is 30.3 Å². The van der Waals surface area contributed by atoms with Crippen LogP contribution < -0.4 is 5.32 Å². The van der Waals surface area contributed by atoms with E-state index < -0.39 is 0 Å². The molecule has 1 aromatic carbocycles. The van der Waals surface area contributed by atoms with Crippen LogP contribution in [0, 0.1) is 0 Å². The molecule has 0 spiro atoms. The highest BCUT2D eigenvalue weighted by atomic mass is 16.1. The zero-order valence-corrected chi connectivity index (χ0v) is 14.1. The van der Waals surface area contributed by atoms with Gasteiger partial charge in [0.2, 0.25) is 11.9 Å². The summed E-state index contributed by atoms with van der Waals surface area (Å²) < 4.78 is 3.88. The number of amides is 1. The van der Waals surface area contributed by atoms with Crippen molar-refractivity contribution in [3.8, 4) is 0 Å². The minimum atomic E-state index is -0.157. The first kappa shape index (κ1) is 15.6. The average Bonchev–Trinajstić information content (AvgIpc) is 3.21. The molecule has 0 radical (unpaired) electrons. The summed E-state index contributed by atoms with van der Waals surface area (Å²) in [5.41, 5.74) is 2.34. The van der Waals surface area contributed by atoms with Gasteiger partial charge < -0.3 is 0 Å². The van der Waals surface area contributed by atoms with E-state index in [9.17, 15) is 4.79 Å². The Hall–Kier alpha value is -2.96. The van der Waals surface area contributed by atoms with Crippen LogP contribution in [0.5, 0.6) is 0 Å². The van der Waals surface area contributed by atoms with Gasteiger partial charge in [0.15, 0.2) is 0 Å². The lowest BCUT2D eigenvalue weighted by Gasteiger charge is -2.22. The maximum atomic E-state index is 11.2. The van der Waals surface area contributed by atoms with Crippen molar-refractivity contribution in [2.45, 2.75) is 38.8 Å². The molecule has 0 bridgehead atoms. The van der Waals surface area contributed by atoms with Gasteiger partial charge in [-0.05, 0) is 18.4 Å². The zero-order chi connectivity index (χ0) is 17.2. The van der Waals surface area contributed by atoms with Crippen LogP contribution >= 0.6 is 0 Å². The first-order valence-corrected chi connectivity index (χ1v) is 8.48. The van der Waals surface area contributed by atoms with Crippen molar-refractivity contribution in [3.05, 3.63) is 59.7 Å². The SMILES string of the molecule is CC(=O)Nc1nc2n(n1)C(c1cnn(Cc3ccccc3)c1)CCC2. The first-order valence-electron chi connectivity index (χ1n) is 8.48. The van der Waals surface area contributed by atoms with Gasteiger partial charge in [-0.3, -0.25) is 14.8 Å². The quantitative estimate of drug-likeness (QED) is 0.793. The molecule has 1 aliphatic heterocycles. The van der Waals surface area contributed by atoms with Crippen LogP contribution in [0.25, 0.3) is 0 Å². The molecule has 0 aliphatic carbocycles. The summed E-state index contributed by atoms with van der Waals surface area (Å²) >= 11 is 0. The third-order valence-corrected chi connectivity index (χ3v) is 4.39. The Morgan fingerprint density at radius 2 is 2.16 bits per heavy atom. The minimum absolute atomic E-state index is 0.114. The van der Waals surface area contributed by atoms with Gasteiger partial charge in [0, 0.05) is 25.1 Å². The van der Waals surface area contributed by atoms with Crippen molar-refractivity contribution in [1.82, 2.24) is 24.5 Å². The Kier molecular flexibility index (Phi) is 4.05. The van der Waals surface area contributed by atoms with E-state index >= 15 is 0 Å². The highest BCUT2D eigenvalue weighted by Crippen LogP contribution is 2.30. The number of aromatic nitrogens is 5. The molecule has 128 valence electrons. The van der Waals surface area contributed by atoms with Crippen LogP contribution in [0.1, 0.15) is 42.8 Å². The second kappa shape index (κ2) is 6.51. The van der Waals surface area contributed by atoms with Crippen LogP contribution in [0.2, 0.25) is 0 Å². The molecule has 3 heterocycles. The molecule has 7 heteroatoms. The number of carbonyl (C=O) groups is 1. The summed E-state index contributed by atoms with van der Waals surface area (Å²) in [6.45, 7) is 2.21. The number of anilines is 1. The number of nitrogens with one attached hydrogen (secondary N) is 1. The predicted octanol–water partition coefficient (Wildman–Crippen LogP) is 2.41. The third kappa shape index (κ3) is 3.31. The van der Waals surface area contributed by atoms with E-state index in [0.717, 1.165) is 37.2 Å². The average molecular weight is 336 g/mol. The molecule has 1 aliphatic rings. The lowest BCUT2D eigenvalue weighted by atomic mass is 10.0. The predicted molar refractivity (Wildman–Crippen MR) is 93.2 cm³/mol. The van der Waals surface area contributed by atoms with Gasteiger partial charge in [-0.25, -0.2) is 4.68 Å². The van der Waals surface area contributed by atoms with Crippen LogP contribution in [0.15, 0.2) is 42.7 Å². The monoisotopic (exact) mass is 336 g/mol. The highest BCUT2D eigenvalue weighted by molar-refractivity contribution is 5.86. The molecular formula is C18H20N6O. The molecule has 3 aromatic rings. The van der Waals surface area contributed by atoms with Gasteiger partial charge in [0.1, 0.15) is 5.82 Å². The Morgan fingerprint density at radius 1 is 1.32 bits per heavy atom. The van der Waals surface area contributed by atoms with Gasteiger partial charge in [0.25, 0.3) is 0 Å². The number of fused-ring (bicyclic) bond motifs is 1. The van der Waals surface area contributed by atoms with E-state index in [0.29, 0.717) is 5.95 Å². The van der Waals surface area contributed by atoms with Crippen molar-refractivity contribution in [1.29, 1.82) is 0 Å². The second-order valence-corrected chi connectivity index (χ2v) is 6.34. The fourth-order valence-electron chi connectivity index (χ4n) is 3.28. The molecule has 1 amide bonds. The van der Waals surface area contributed by atoms with Crippen LogP contribution in [-0.2, 0) is 17.8 Å². The van der Waals surface area contributed by atoms with Gasteiger partial charge in [-0.15, -0.1) is 5.10 Å². The molecule has 25 heavy (non-hydrogen) atoms. The van der Waals surface area contributed by atoms with E-state index in [1.165, 1.54) is 12.5 Å². The summed E-state index contributed by atoms with van der Waals surface area (Å²) in [5.74, 6) is 1.14. The standard InChI is InChI=1S/C18H20N6O/c1-13(25)20-18-21-17-9-5-8-16(24(17)22-18)15-10-19-23(12-15)11-14-6-3-2-4-7-14/h2-4,6-7,10,12,16H,5,8-9,11H2,1H3,(H,20,22,25). The Labute approximate surface area is 145 Å². The Bertz CT molecular complexity index is 882. The van der Waals surface area contributed by atoms with Gasteiger partial charge in [0.05, 0.1) is 18.8 Å². The first-order chi connectivity index (χ1) is 12.2.